The van der Waals surface area contributed by atoms with Crippen molar-refractivity contribution < 1.29 is 5.11 Å². The third kappa shape index (κ3) is 4.29. The first-order chi connectivity index (χ1) is 9.74. The van der Waals surface area contributed by atoms with Crippen LogP contribution in [0.4, 0.5) is 0 Å². The number of halogens is 1. The van der Waals surface area contributed by atoms with Crippen molar-refractivity contribution in [1.82, 2.24) is 10.2 Å². The highest BCUT2D eigenvalue weighted by Gasteiger charge is 2.24. The van der Waals surface area contributed by atoms with Gasteiger partial charge in [-0.3, -0.25) is 4.90 Å². The molecule has 0 saturated heterocycles. The number of hydrogen-bond acceptors (Lipinski definition) is 3. The second-order valence-electron chi connectivity index (χ2n) is 5.53. The number of nitrogens with one attached hydrogen (secondary N) is 1. The highest BCUT2D eigenvalue weighted by molar-refractivity contribution is 9.10. The van der Waals surface area contributed by atoms with E-state index in [1.807, 2.05) is 7.05 Å². The molecule has 1 aliphatic rings. The monoisotopic (exact) mass is 340 g/mol. The van der Waals surface area contributed by atoms with Crippen LogP contribution in [0.5, 0.6) is 0 Å². The fourth-order valence-electron chi connectivity index (χ4n) is 2.82. The highest BCUT2D eigenvalue weighted by Crippen LogP contribution is 2.26. The van der Waals surface area contributed by atoms with Gasteiger partial charge in [0.15, 0.2) is 0 Å². The zero-order valence-corrected chi connectivity index (χ0v) is 13.8. The number of nitrogens with zero attached hydrogens (tertiary/aromatic N) is 1. The maximum atomic E-state index is 9.21. The molecule has 1 fully saturated rings. The van der Waals surface area contributed by atoms with E-state index in [4.69, 9.17) is 0 Å². The van der Waals surface area contributed by atoms with Crippen LogP contribution in [0.2, 0.25) is 0 Å². The van der Waals surface area contributed by atoms with Crippen molar-refractivity contribution in [3.63, 3.8) is 0 Å². The van der Waals surface area contributed by atoms with Crippen molar-refractivity contribution in [3.05, 3.63) is 34.3 Å². The molecule has 1 aromatic rings. The van der Waals surface area contributed by atoms with Crippen LogP contribution in [0.3, 0.4) is 0 Å². The topological polar surface area (TPSA) is 35.5 Å². The third-order valence-corrected chi connectivity index (χ3v) is 4.83. The van der Waals surface area contributed by atoms with Gasteiger partial charge in [-0.2, -0.15) is 0 Å². The number of aliphatic hydroxyl groups excluding tert-OH is 1. The van der Waals surface area contributed by atoms with Gasteiger partial charge in [0.1, 0.15) is 0 Å². The van der Waals surface area contributed by atoms with Gasteiger partial charge in [-0.1, -0.05) is 34.5 Å². The summed E-state index contributed by atoms with van der Waals surface area (Å²) in [5, 5.41) is 12.6. The summed E-state index contributed by atoms with van der Waals surface area (Å²) in [6, 6.07) is 9.61. The molecular weight excluding hydrogens is 316 g/mol. The number of rotatable bonds is 8. The second-order valence-corrected chi connectivity index (χ2v) is 6.44. The quantitative estimate of drug-likeness (QED) is 0.763. The minimum Gasteiger partial charge on any atom is -0.395 e. The summed E-state index contributed by atoms with van der Waals surface area (Å²) in [5.41, 5.74) is 1.33. The lowest BCUT2D eigenvalue weighted by Crippen LogP contribution is -2.43. The molecule has 0 bridgehead atoms. The molecule has 1 aromatic carbocycles. The van der Waals surface area contributed by atoms with Crippen LogP contribution in [0.15, 0.2) is 28.7 Å². The van der Waals surface area contributed by atoms with Crippen LogP contribution >= 0.6 is 15.9 Å². The van der Waals surface area contributed by atoms with Crippen LogP contribution in [0.25, 0.3) is 0 Å². The molecule has 0 aromatic heterocycles. The fourth-order valence-corrected chi connectivity index (χ4v) is 3.09. The Labute approximate surface area is 130 Å². The molecule has 112 valence electrons. The molecule has 0 aliphatic heterocycles. The average molecular weight is 341 g/mol. The smallest absolute Gasteiger partial charge is 0.0558 e. The van der Waals surface area contributed by atoms with Crippen LogP contribution < -0.4 is 5.32 Å². The summed E-state index contributed by atoms with van der Waals surface area (Å²) in [5.74, 6) is 0. The largest absolute Gasteiger partial charge is 0.395 e. The van der Waals surface area contributed by atoms with E-state index >= 15 is 0 Å². The van der Waals surface area contributed by atoms with Gasteiger partial charge in [0.05, 0.1) is 6.61 Å². The number of hydrogen-bond donors (Lipinski definition) is 2. The molecule has 0 heterocycles. The van der Waals surface area contributed by atoms with Crippen molar-refractivity contribution in [2.45, 2.75) is 37.8 Å². The van der Waals surface area contributed by atoms with Gasteiger partial charge in [-0.05, 0) is 44.0 Å². The molecule has 1 saturated carbocycles. The van der Waals surface area contributed by atoms with Gasteiger partial charge in [0.2, 0.25) is 0 Å². The zero-order valence-electron chi connectivity index (χ0n) is 12.2. The van der Waals surface area contributed by atoms with Crippen LogP contribution in [-0.2, 0) is 0 Å². The van der Waals surface area contributed by atoms with Crippen LogP contribution in [0.1, 0.15) is 37.3 Å². The summed E-state index contributed by atoms with van der Waals surface area (Å²) >= 11 is 3.48. The predicted molar refractivity (Wildman–Crippen MR) is 86.9 cm³/mol. The van der Waals surface area contributed by atoms with Crippen molar-refractivity contribution in [2.75, 3.05) is 26.7 Å². The van der Waals surface area contributed by atoms with Crippen LogP contribution in [-0.4, -0.2) is 42.8 Å². The van der Waals surface area contributed by atoms with E-state index in [0.717, 1.165) is 24.0 Å². The molecule has 2 rings (SSSR count). The van der Waals surface area contributed by atoms with Crippen molar-refractivity contribution in [1.29, 1.82) is 0 Å². The second kappa shape index (κ2) is 8.13. The fraction of sp³-hybridized carbons (Fsp3) is 0.625. The summed E-state index contributed by atoms with van der Waals surface area (Å²) in [6.07, 6.45) is 5.01. The Hall–Kier alpha value is -0.420. The van der Waals surface area contributed by atoms with E-state index in [0.29, 0.717) is 12.1 Å². The van der Waals surface area contributed by atoms with Gasteiger partial charge in [-0.25, -0.2) is 0 Å². The summed E-state index contributed by atoms with van der Waals surface area (Å²) in [7, 11) is 2.02. The number of benzene rings is 1. The maximum absolute atomic E-state index is 9.21. The Balaban J connectivity index is 1.89. The Morgan fingerprint density at radius 1 is 1.30 bits per heavy atom. The van der Waals surface area contributed by atoms with Gasteiger partial charge in [0.25, 0.3) is 0 Å². The van der Waals surface area contributed by atoms with E-state index in [-0.39, 0.29) is 6.61 Å². The molecule has 4 heteroatoms. The first kappa shape index (κ1) is 16.0. The maximum Gasteiger partial charge on any atom is 0.0558 e. The minimum atomic E-state index is 0.263. The lowest BCUT2D eigenvalue weighted by molar-refractivity contribution is 0.0972. The molecule has 0 amide bonds. The van der Waals surface area contributed by atoms with E-state index in [2.05, 4.69) is 50.4 Å². The standard InChI is InChI=1S/C16H25BrN2O/c1-18-16(13-5-7-14(17)8-6-13)9-10-19(11-12-20)15-3-2-4-15/h5-8,15-16,18,20H,2-4,9-12H2,1H3. The van der Waals surface area contributed by atoms with E-state index in [9.17, 15) is 5.11 Å². The molecule has 1 atom stereocenters. The van der Waals surface area contributed by atoms with E-state index in [1.54, 1.807) is 0 Å². The molecule has 20 heavy (non-hydrogen) atoms. The molecule has 1 unspecified atom stereocenters. The lowest BCUT2D eigenvalue weighted by Gasteiger charge is -2.38. The zero-order chi connectivity index (χ0) is 14.4. The first-order valence-corrected chi connectivity index (χ1v) is 8.31. The molecule has 0 radical (unpaired) electrons. The summed E-state index contributed by atoms with van der Waals surface area (Å²) in [4.78, 5) is 2.45. The van der Waals surface area contributed by atoms with Gasteiger partial charge in [0, 0.05) is 29.6 Å². The van der Waals surface area contributed by atoms with Gasteiger partial charge < -0.3 is 10.4 Å². The summed E-state index contributed by atoms with van der Waals surface area (Å²) < 4.78 is 1.12. The highest BCUT2D eigenvalue weighted by atomic mass is 79.9. The molecule has 2 N–H and O–H groups in total. The van der Waals surface area contributed by atoms with Gasteiger partial charge >= 0.3 is 0 Å². The Bertz CT molecular complexity index is 392. The Kier molecular flexibility index (Phi) is 6.49. The van der Waals surface area contributed by atoms with Crippen molar-refractivity contribution in [3.8, 4) is 0 Å². The molecular formula is C16H25BrN2O. The van der Waals surface area contributed by atoms with Crippen LogP contribution in [0, 0.1) is 0 Å². The lowest BCUT2D eigenvalue weighted by atomic mass is 9.91. The Morgan fingerprint density at radius 2 is 2.00 bits per heavy atom. The predicted octanol–water partition coefficient (Wildman–Crippen LogP) is 2.95. The van der Waals surface area contributed by atoms with E-state index < -0.39 is 0 Å². The van der Waals surface area contributed by atoms with Gasteiger partial charge in [-0.15, -0.1) is 0 Å². The molecule has 0 spiro atoms. The summed E-state index contributed by atoms with van der Waals surface area (Å²) in [6.45, 7) is 2.12. The molecule has 1 aliphatic carbocycles. The first-order valence-electron chi connectivity index (χ1n) is 7.52. The van der Waals surface area contributed by atoms with E-state index in [1.165, 1.54) is 24.8 Å². The SMILES string of the molecule is CNC(CCN(CCO)C1CCC1)c1ccc(Br)cc1. The van der Waals surface area contributed by atoms with Crippen molar-refractivity contribution in [2.24, 2.45) is 0 Å². The van der Waals surface area contributed by atoms with Crippen molar-refractivity contribution >= 4 is 15.9 Å². The Morgan fingerprint density at radius 3 is 2.50 bits per heavy atom. The minimum absolute atomic E-state index is 0.263. The molecule has 3 nitrogen and oxygen atoms in total. The normalized spacial score (nSPS) is 17.2. The number of aliphatic hydroxyl groups is 1. The third-order valence-electron chi connectivity index (χ3n) is 4.30. The average Bonchev–Trinajstić information content (AvgIpc) is 2.39.